The minimum Gasteiger partial charge on any atom is -0.333 e. The number of imidazole rings is 1. The summed E-state index contributed by atoms with van der Waals surface area (Å²) in [7, 11) is -1.24. The predicted molar refractivity (Wildman–Crippen MR) is 68.5 cm³/mol. The van der Waals surface area contributed by atoms with Crippen LogP contribution in [0.1, 0.15) is 26.6 Å². The van der Waals surface area contributed by atoms with Crippen molar-refractivity contribution >= 4 is 9.84 Å². The molecule has 0 bridgehead atoms. The van der Waals surface area contributed by atoms with Gasteiger partial charge in [-0.2, -0.15) is 0 Å². The van der Waals surface area contributed by atoms with Crippen molar-refractivity contribution in [3.63, 3.8) is 0 Å². The molecule has 1 heterocycles. The van der Waals surface area contributed by atoms with E-state index in [0.717, 1.165) is 5.82 Å². The van der Waals surface area contributed by atoms with Gasteiger partial charge < -0.3 is 9.88 Å². The maximum Gasteiger partial charge on any atom is 0.156 e. The second kappa shape index (κ2) is 5.18. The molecule has 1 aromatic heterocycles. The Kier molecular flexibility index (Phi) is 4.32. The number of hydrogen-bond donors (Lipinski definition) is 1. The fourth-order valence-corrected chi connectivity index (χ4v) is 2.44. The molecule has 0 radical (unpaired) electrons. The van der Waals surface area contributed by atoms with E-state index in [4.69, 9.17) is 0 Å². The lowest BCUT2D eigenvalue weighted by atomic mass is 10.3. The highest BCUT2D eigenvalue weighted by Crippen LogP contribution is 2.16. The molecule has 6 heteroatoms. The normalized spacial score (nSPS) is 12.9. The zero-order valence-corrected chi connectivity index (χ0v) is 11.7. The lowest BCUT2D eigenvalue weighted by Crippen LogP contribution is -2.32. The van der Waals surface area contributed by atoms with Crippen LogP contribution >= 0.6 is 0 Å². The zero-order valence-electron chi connectivity index (χ0n) is 10.9. The number of aromatic nitrogens is 2. The summed E-state index contributed by atoms with van der Waals surface area (Å²) < 4.78 is 25.1. The molecule has 0 saturated heterocycles. The molecular formula is C11H21N3O2S. The minimum absolute atomic E-state index is 0.142. The second-order valence-corrected chi connectivity index (χ2v) is 7.86. The van der Waals surface area contributed by atoms with Gasteiger partial charge in [-0.05, 0) is 27.8 Å². The molecule has 1 aromatic rings. The molecule has 0 saturated carbocycles. The number of rotatable bonds is 5. The number of nitrogens with zero attached hydrogens (tertiary/aromatic N) is 2. The fourth-order valence-electron chi connectivity index (χ4n) is 1.39. The molecular weight excluding hydrogens is 238 g/mol. The summed E-state index contributed by atoms with van der Waals surface area (Å²) in [5.74, 6) is 1.00. The van der Waals surface area contributed by atoms with E-state index >= 15 is 0 Å². The Morgan fingerprint density at radius 2 is 2.06 bits per heavy atom. The summed E-state index contributed by atoms with van der Waals surface area (Å²) in [6.45, 7) is 6.28. The maximum absolute atomic E-state index is 12.0. The quantitative estimate of drug-likeness (QED) is 0.850. The number of sulfone groups is 1. The first kappa shape index (κ1) is 14.2. The van der Waals surface area contributed by atoms with E-state index in [9.17, 15) is 8.42 Å². The Balaban J connectivity index is 2.71. The molecule has 0 aliphatic rings. The summed E-state index contributed by atoms with van der Waals surface area (Å²) >= 11 is 0. The van der Waals surface area contributed by atoms with Crippen molar-refractivity contribution in [2.45, 2.75) is 38.6 Å². The Morgan fingerprint density at radius 1 is 1.41 bits per heavy atom. The van der Waals surface area contributed by atoms with Gasteiger partial charge in [-0.25, -0.2) is 13.4 Å². The third-order valence-electron chi connectivity index (χ3n) is 2.67. The molecule has 98 valence electrons. The molecule has 0 aromatic carbocycles. The average Bonchev–Trinajstić information content (AvgIpc) is 2.61. The summed E-state index contributed by atoms with van der Waals surface area (Å²) in [4.78, 5) is 4.17. The highest BCUT2D eigenvalue weighted by atomic mass is 32.2. The number of aryl methyl sites for hydroxylation is 1. The van der Waals surface area contributed by atoms with E-state index in [0.29, 0.717) is 13.1 Å². The standard InChI is InChI=1S/C11H21N3O2S/c1-11(2,3)17(15,16)8-7-14-6-5-13-10(14)9-12-4/h5-6,12H,7-9H2,1-4H3. The molecule has 0 atom stereocenters. The second-order valence-electron chi connectivity index (χ2n) is 5.00. The highest BCUT2D eigenvalue weighted by Gasteiger charge is 2.28. The van der Waals surface area contributed by atoms with Crippen molar-refractivity contribution in [3.05, 3.63) is 18.2 Å². The molecule has 0 amide bonds. The first-order valence-corrected chi connectivity index (χ1v) is 7.30. The van der Waals surface area contributed by atoms with Gasteiger partial charge in [0.1, 0.15) is 5.82 Å². The van der Waals surface area contributed by atoms with Crippen LogP contribution in [-0.4, -0.2) is 35.5 Å². The Morgan fingerprint density at radius 3 is 2.59 bits per heavy atom. The summed E-state index contributed by atoms with van der Waals surface area (Å²) in [6, 6.07) is 0. The van der Waals surface area contributed by atoms with Crippen LogP contribution in [0, 0.1) is 0 Å². The molecule has 17 heavy (non-hydrogen) atoms. The molecule has 1 N–H and O–H groups in total. The number of hydrogen-bond acceptors (Lipinski definition) is 4. The van der Waals surface area contributed by atoms with Crippen LogP contribution < -0.4 is 5.32 Å². The van der Waals surface area contributed by atoms with Crippen LogP contribution in [0.15, 0.2) is 12.4 Å². The van der Waals surface area contributed by atoms with Gasteiger partial charge in [0.2, 0.25) is 0 Å². The molecule has 0 aliphatic carbocycles. The SMILES string of the molecule is CNCc1nccn1CCS(=O)(=O)C(C)(C)C. The first-order valence-electron chi connectivity index (χ1n) is 5.65. The van der Waals surface area contributed by atoms with Crippen LogP contribution in [-0.2, 0) is 22.9 Å². The largest absolute Gasteiger partial charge is 0.333 e. The predicted octanol–water partition coefficient (Wildman–Crippen LogP) is 0.816. The zero-order chi connectivity index (χ0) is 13.1. The van der Waals surface area contributed by atoms with E-state index in [1.807, 2.05) is 17.8 Å². The fraction of sp³-hybridized carbons (Fsp3) is 0.727. The summed E-state index contributed by atoms with van der Waals surface area (Å²) in [5.41, 5.74) is 0. The van der Waals surface area contributed by atoms with Gasteiger partial charge in [-0.15, -0.1) is 0 Å². The Hall–Kier alpha value is -0.880. The van der Waals surface area contributed by atoms with E-state index in [-0.39, 0.29) is 5.75 Å². The monoisotopic (exact) mass is 259 g/mol. The smallest absolute Gasteiger partial charge is 0.156 e. The summed E-state index contributed by atoms with van der Waals surface area (Å²) in [5, 5.41) is 3.01. The van der Waals surface area contributed by atoms with Gasteiger partial charge in [0.05, 0.1) is 17.0 Å². The first-order chi connectivity index (χ1) is 7.78. The number of nitrogens with one attached hydrogen (secondary N) is 1. The van der Waals surface area contributed by atoms with Crippen LogP contribution in [0.2, 0.25) is 0 Å². The maximum atomic E-state index is 12.0. The summed E-state index contributed by atoms with van der Waals surface area (Å²) in [6.07, 6.45) is 3.50. The van der Waals surface area contributed by atoms with Crippen molar-refractivity contribution in [2.75, 3.05) is 12.8 Å². The van der Waals surface area contributed by atoms with Gasteiger partial charge in [-0.3, -0.25) is 0 Å². The van der Waals surface area contributed by atoms with Crippen LogP contribution in [0.25, 0.3) is 0 Å². The van der Waals surface area contributed by atoms with E-state index in [2.05, 4.69) is 10.3 Å². The van der Waals surface area contributed by atoms with Gasteiger partial charge in [0.15, 0.2) is 9.84 Å². The lowest BCUT2D eigenvalue weighted by molar-refractivity contribution is 0.551. The van der Waals surface area contributed by atoms with Crippen molar-refractivity contribution in [3.8, 4) is 0 Å². The van der Waals surface area contributed by atoms with Crippen molar-refractivity contribution < 1.29 is 8.42 Å². The van der Waals surface area contributed by atoms with Crippen LogP contribution in [0.5, 0.6) is 0 Å². The lowest BCUT2D eigenvalue weighted by Gasteiger charge is -2.19. The van der Waals surface area contributed by atoms with Gasteiger partial charge >= 0.3 is 0 Å². The van der Waals surface area contributed by atoms with Crippen molar-refractivity contribution in [1.29, 1.82) is 0 Å². The van der Waals surface area contributed by atoms with Crippen molar-refractivity contribution in [1.82, 2.24) is 14.9 Å². The molecule has 0 spiro atoms. The third-order valence-corrected chi connectivity index (χ3v) is 5.26. The van der Waals surface area contributed by atoms with E-state index in [1.54, 1.807) is 27.0 Å². The minimum atomic E-state index is -3.07. The molecule has 1 rings (SSSR count). The Bertz CT molecular complexity index is 457. The van der Waals surface area contributed by atoms with Gasteiger partial charge in [0, 0.05) is 18.9 Å². The molecule has 5 nitrogen and oxygen atoms in total. The average molecular weight is 259 g/mol. The van der Waals surface area contributed by atoms with Crippen molar-refractivity contribution in [2.24, 2.45) is 0 Å². The Labute approximate surface area is 103 Å². The molecule has 0 aliphatic heterocycles. The van der Waals surface area contributed by atoms with Gasteiger partial charge in [-0.1, -0.05) is 0 Å². The topological polar surface area (TPSA) is 64.0 Å². The highest BCUT2D eigenvalue weighted by molar-refractivity contribution is 7.92. The molecule has 0 unspecified atom stereocenters. The van der Waals surface area contributed by atoms with Crippen LogP contribution in [0.4, 0.5) is 0 Å². The van der Waals surface area contributed by atoms with Gasteiger partial charge in [0.25, 0.3) is 0 Å². The van der Waals surface area contributed by atoms with Crippen LogP contribution in [0.3, 0.4) is 0 Å². The van der Waals surface area contributed by atoms with E-state index in [1.165, 1.54) is 0 Å². The molecule has 0 fully saturated rings. The van der Waals surface area contributed by atoms with E-state index < -0.39 is 14.6 Å². The third kappa shape index (κ3) is 3.54.